The second-order valence-electron chi connectivity index (χ2n) is 5.20. The lowest BCUT2D eigenvalue weighted by Crippen LogP contribution is -2.46. The second-order valence-corrected chi connectivity index (χ2v) is 7.00. The van der Waals surface area contributed by atoms with Crippen molar-refractivity contribution in [3.8, 4) is 0 Å². The largest absolute Gasteiger partial charge is 0.329 e. The van der Waals surface area contributed by atoms with Crippen LogP contribution in [0.1, 0.15) is 26.7 Å². The molecular formula is C11H25N3O2S. The summed E-state index contributed by atoms with van der Waals surface area (Å²) in [5.41, 5.74) is 5.50. The Morgan fingerprint density at radius 1 is 1.35 bits per heavy atom. The summed E-state index contributed by atoms with van der Waals surface area (Å²) in [4.78, 5) is 2.28. The van der Waals surface area contributed by atoms with Crippen molar-refractivity contribution in [2.75, 3.05) is 31.9 Å². The molecule has 0 aromatic heterocycles. The Labute approximate surface area is 105 Å². The Bertz CT molecular complexity index is 309. The molecule has 102 valence electrons. The fraction of sp³-hybridized carbons (Fsp3) is 1.00. The maximum Gasteiger partial charge on any atom is 0.212 e. The van der Waals surface area contributed by atoms with Gasteiger partial charge in [-0.3, -0.25) is 0 Å². The van der Waals surface area contributed by atoms with Crippen molar-refractivity contribution in [1.82, 2.24) is 9.62 Å². The molecule has 0 atom stereocenters. The van der Waals surface area contributed by atoms with Gasteiger partial charge in [-0.15, -0.1) is 0 Å². The SMILES string of the molecule is CC(C)CS(=O)(=O)NC1CCN(CCN)CC1. The van der Waals surface area contributed by atoms with Gasteiger partial charge in [-0.2, -0.15) is 0 Å². The molecule has 17 heavy (non-hydrogen) atoms. The molecule has 1 rings (SSSR count). The standard InChI is InChI=1S/C11H25N3O2S/c1-10(2)9-17(15,16)13-11-3-6-14(7-4-11)8-5-12/h10-11,13H,3-9,12H2,1-2H3. The van der Waals surface area contributed by atoms with E-state index in [1.54, 1.807) is 0 Å². The van der Waals surface area contributed by atoms with Gasteiger partial charge in [-0.05, 0) is 31.8 Å². The van der Waals surface area contributed by atoms with E-state index in [1.807, 2.05) is 13.8 Å². The topological polar surface area (TPSA) is 75.4 Å². The zero-order chi connectivity index (χ0) is 12.9. The Kier molecular flexibility index (Phi) is 5.85. The summed E-state index contributed by atoms with van der Waals surface area (Å²) in [6.45, 7) is 7.29. The number of sulfonamides is 1. The average molecular weight is 263 g/mol. The van der Waals surface area contributed by atoms with E-state index < -0.39 is 10.0 Å². The van der Waals surface area contributed by atoms with E-state index in [0.29, 0.717) is 6.54 Å². The quantitative estimate of drug-likeness (QED) is 0.706. The van der Waals surface area contributed by atoms with Gasteiger partial charge in [0.25, 0.3) is 0 Å². The highest BCUT2D eigenvalue weighted by Crippen LogP contribution is 2.11. The van der Waals surface area contributed by atoms with Crippen molar-refractivity contribution in [2.24, 2.45) is 11.7 Å². The van der Waals surface area contributed by atoms with E-state index in [9.17, 15) is 8.42 Å². The first kappa shape index (κ1) is 14.9. The minimum absolute atomic E-state index is 0.104. The smallest absolute Gasteiger partial charge is 0.212 e. The molecule has 0 amide bonds. The van der Waals surface area contributed by atoms with Gasteiger partial charge in [0.2, 0.25) is 10.0 Å². The lowest BCUT2D eigenvalue weighted by Gasteiger charge is -2.31. The summed E-state index contributed by atoms with van der Waals surface area (Å²) in [5.74, 6) is 0.389. The van der Waals surface area contributed by atoms with Crippen LogP contribution in [0.15, 0.2) is 0 Å². The minimum Gasteiger partial charge on any atom is -0.329 e. The van der Waals surface area contributed by atoms with Crippen LogP contribution in [-0.2, 0) is 10.0 Å². The summed E-state index contributed by atoms with van der Waals surface area (Å²) < 4.78 is 26.3. The zero-order valence-electron chi connectivity index (χ0n) is 10.9. The average Bonchev–Trinajstić information content (AvgIpc) is 2.18. The predicted octanol–water partition coefficient (Wildman–Crippen LogP) is -0.0151. The Hall–Kier alpha value is -0.170. The third-order valence-electron chi connectivity index (χ3n) is 2.93. The highest BCUT2D eigenvalue weighted by atomic mass is 32.2. The molecule has 0 bridgehead atoms. The van der Waals surface area contributed by atoms with Crippen molar-refractivity contribution in [3.63, 3.8) is 0 Å². The van der Waals surface area contributed by atoms with E-state index in [-0.39, 0.29) is 17.7 Å². The van der Waals surface area contributed by atoms with Gasteiger partial charge >= 0.3 is 0 Å². The van der Waals surface area contributed by atoms with E-state index in [4.69, 9.17) is 5.73 Å². The maximum absolute atomic E-state index is 11.8. The third kappa shape index (κ3) is 5.81. The molecule has 0 spiro atoms. The lowest BCUT2D eigenvalue weighted by molar-refractivity contribution is 0.212. The van der Waals surface area contributed by atoms with Crippen LogP contribution in [0.3, 0.4) is 0 Å². The van der Waals surface area contributed by atoms with Crippen molar-refractivity contribution >= 4 is 10.0 Å². The normalized spacial score (nSPS) is 20.0. The number of rotatable bonds is 6. The van der Waals surface area contributed by atoms with Gasteiger partial charge in [0.05, 0.1) is 5.75 Å². The molecule has 0 aromatic carbocycles. The molecule has 1 aliphatic heterocycles. The molecule has 1 fully saturated rings. The van der Waals surface area contributed by atoms with Gasteiger partial charge in [0.1, 0.15) is 0 Å². The highest BCUT2D eigenvalue weighted by molar-refractivity contribution is 7.89. The lowest BCUT2D eigenvalue weighted by atomic mass is 10.1. The molecule has 1 heterocycles. The number of piperidine rings is 1. The van der Waals surface area contributed by atoms with Gasteiger partial charge in [-0.1, -0.05) is 13.8 Å². The van der Waals surface area contributed by atoms with E-state index >= 15 is 0 Å². The monoisotopic (exact) mass is 263 g/mol. The van der Waals surface area contributed by atoms with Crippen molar-refractivity contribution in [2.45, 2.75) is 32.7 Å². The molecule has 6 heteroatoms. The maximum atomic E-state index is 11.8. The van der Waals surface area contributed by atoms with Gasteiger partial charge in [-0.25, -0.2) is 13.1 Å². The summed E-state index contributed by atoms with van der Waals surface area (Å²) >= 11 is 0. The van der Waals surface area contributed by atoms with Crippen LogP contribution in [0.2, 0.25) is 0 Å². The molecular weight excluding hydrogens is 238 g/mol. The van der Waals surface area contributed by atoms with E-state index in [0.717, 1.165) is 32.5 Å². The molecule has 0 unspecified atom stereocenters. The fourth-order valence-corrected chi connectivity index (χ4v) is 3.92. The third-order valence-corrected chi connectivity index (χ3v) is 4.73. The first-order valence-electron chi connectivity index (χ1n) is 6.35. The number of hydrogen-bond acceptors (Lipinski definition) is 4. The van der Waals surface area contributed by atoms with Crippen molar-refractivity contribution < 1.29 is 8.42 Å². The van der Waals surface area contributed by atoms with Crippen LogP contribution in [0.4, 0.5) is 0 Å². The molecule has 1 aliphatic rings. The van der Waals surface area contributed by atoms with Crippen LogP contribution in [0.25, 0.3) is 0 Å². The number of hydrogen-bond donors (Lipinski definition) is 2. The number of nitrogens with one attached hydrogen (secondary N) is 1. The van der Waals surface area contributed by atoms with Crippen LogP contribution < -0.4 is 10.5 Å². The molecule has 0 aromatic rings. The summed E-state index contributed by atoms with van der Waals surface area (Å²) in [7, 11) is -3.10. The molecule has 5 nitrogen and oxygen atoms in total. The second kappa shape index (κ2) is 6.68. The van der Waals surface area contributed by atoms with E-state index in [1.165, 1.54) is 0 Å². The number of nitrogens with two attached hydrogens (primary N) is 1. The van der Waals surface area contributed by atoms with Gasteiger partial charge in [0.15, 0.2) is 0 Å². The van der Waals surface area contributed by atoms with Gasteiger partial charge in [0, 0.05) is 19.1 Å². The van der Waals surface area contributed by atoms with Crippen LogP contribution in [-0.4, -0.2) is 51.3 Å². The summed E-state index contributed by atoms with van der Waals surface area (Å²) in [6, 6.07) is 0.104. The van der Waals surface area contributed by atoms with Crippen LogP contribution in [0, 0.1) is 5.92 Å². The fourth-order valence-electron chi connectivity index (χ4n) is 2.20. The predicted molar refractivity (Wildman–Crippen MR) is 70.3 cm³/mol. The molecule has 1 saturated heterocycles. The highest BCUT2D eigenvalue weighted by Gasteiger charge is 2.23. The van der Waals surface area contributed by atoms with Gasteiger partial charge < -0.3 is 10.6 Å². The first-order chi connectivity index (χ1) is 7.93. The van der Waals surface area contributed by atoms with Crippen LogP contribution in [0.5, 0.6) is 0 Å². The minimum atomic E-state index is -3.10. The zero-order valence-corrected chi connectivity index (χ0v) is 11.7. The first-order valence-corrected chi connectivity index (χ1v) is 8.00. The number of nitrogens with zero attached hydrogens (tertiary/aromatic N) is 1. The van der Waals surface area contributed by atoms with Crippen LogP contribution >= 0.6 is 0 Å². The molecule has 3 N–H and O–H groups in total. The van der Waals surface area contributed by atoms with E-state index in [2.05, 4.69) is 9.62 Å². The summed E-state index contributed by atoms with van der Waals surface area (Å²) in [5, 5.41) is 0. The number of likely N-dealkylation sites (tertiary alicyclic amines) is 1. The van der Waals surface area contributed by atoms with Crippen molar-refractivity contribution in [3.05, 3.63) is 0 Å². The van der Waals surface area contributed by atoms with Crippen molar-refractivity contribution in [1.29, 1.82) is 0 Å². The molecule has 0 saturated carbocycles. The Balaban J connectivity index is 2.35. The Morgan fingerprint density at radius 3 is 2.41 bits per heavy atom. The summed E-state index contributed by atoms with van der Waals surface area (Å²) in [6.07, 6.45) is 1.77. The molecule has 0 radical (unpaired) electrons. The Morgan fingerprint density at radius 2 is 1.94 bits per heavy atom. The molecule has 0 aliphatic carbocycles.